The van der Waals surface area contributed by atoms with E-state index in [-0.39, 0.29) is 24.3 Å². The quantitative estimate of drug-likeness (QED) is 0.816. The summed E-state index contributed by atoms with van der Waals surface area (Å²) in [6.07, 6.45) is 2.27. The summed E-state index contributed by atoms with van der Waals surface area (Å²) >= 11 is 5.86. The van der Waals surface area contributed by atoms with Crippen molar-refractivity contribution in [3.05, 3.63) is 64.7 Å². The number of benzene rings is 2. The monoisotopic (exact) mass is 372 g/mol. The third-order valence-corrected chi connectivity index (χ3v) is 4.49. The average molecular weight is 373 g/mol. The number of nitrogens with one attached hydrogen (secondary N) is 2. The number of halogens is 1. The molecule has 2 N–H and O–H groups in total. The number of amides is 2. The van der Waals surface area contributed by atoms with Gasteiger partial charge in [-0.3, -0.25) is 9.59 Å². The molecule has 0 radical (unpaired) electrons. The number of ether oxygens (including phenoxy) is 1. The van der Waals surface area contributed by atoms with Gasteiger partial charge in [0.05, 0.1) is 23.8 Å². The maximum atomic E-state index is 12.5. The van der Waals surface area contributed by atoms with Crippen LogP contribution in [0.4, 0.5) is 5.69 Å². The first kappa shape index (κ1) is 18.4. The molecule has 0 bridgehead atoms. The van der Waals surface area contributed by atoms with E-state index >= 15 is 0 Å². The predicted octanol–water partition coefficient (Wildman–Crippen LogP) is 3.43. The molecule has 1 aliphatic rings. The summed E-state index contributed by atoms with van der Waals surface area (Å²) in [6.45, 7) is 1.23. The second-order valence-corrected chi connectivity index (χ2v) is 6.68. The number of carbonyl (C=O) groups excluding carboxylic acids is 2. The molecule has 2 aromatic rings. The van der Waals surface area contributed by atoms with Gasteiger partial charge in [-0.2, -0.15) is 0 Å². The highest BCUT2D eigenvalue weighted by Gasteiger charge is 2.18. The largest absolute Gasteiger partial charge is 0.376 e. The summed E-state index contributed by atoms with van der Waals surface area (Å²) in [5.41, 5.74) is 1.79. The van der Waals surface area contributed by atoms with E-state index in [1.807, 2.05) is 12.1 Å². The normalized spacial score (nSPS) is 16.3. The van der Waals surface area contributed by atoms with Crippen molar-refractivity contribution < 1.29 is 14.3 Å². The molecule has 26 heavy (non-hydrogen) atoms. The third-order valence-electron chi connectivity index (χ3n) is 4.24. The zero-order valence-corrected chi connectivity index (χ0v) is 15.1. The Kier molecular flexibility index (Phi) is 6.26. The van der Waals surface area contributed by atoms with Gasteiger partial charge in [-0.05, 0) is 42.7 Å². The molecule has 0 aromatic heterocycles. The van der Waals surface area contributed by atoms with Gasteiger partial charge in [0.2, 0.25) is 5.91 Å². The molecule has 6 heteroatoms. The van der Waals surface area contributed by atoms with E-state index in [9.17, 15) is 9.59 Å². The fourth-order valence-electron chi connectivity index (χ4n) is 2.88. The average Bonchev–Trinajstić information content (AvgIpc) is 3.16. The van der Waals surface area contributed by atoms with E-state index in [2.05, 4.69) is 10.6 Å². The fourth-order valence-corrected chi connectivity index (χ4v) is 3.01. The van der Waals surface area contributed by atoms with Crippen LogP contribution in [0.5, 0.6) is 0 Å². The maximum Gasteiger partial charge on any atom is 0.253 e. The first-order chi connectivity index (χ1) is 12.6. The topological polar surface area (TPSA) is 67.4 Å². The molecule has 0 spiro atoms. The molecule has 2 aromatic carbocycles. The van der Waals surface area contributed by atoms with Gasteiger partial charge in [-0.1, -0.05) is 35.9 Å². The summed E-state index contributed by atoms with van der Waals surface area (Å²) in [6, 6.07) is 14.1. The van der Waals surface area contributed by atoms with Gasteiger partial charge in [0.25, 0.3) is 5.91 Å². The van der Waals surface area contributed by atoms with Gasteiger partial charge in [0.1, 0.15) is 0 Å². The van der Waals surface area contributed by atoms with E-state index in [4.69, 9.17) is 16.3 Å². The van der Waals surface area contributed by atoms with E-state index in [1.165, 1.54) is 0 Å². The number of hydrogen-bond donors (Lipinski definition) is 2. The molecule has 5 nitrogen and oxygen atoms in total. The minimum Gasteiger partial charge on any atom is -0.376 e. The third kappa shape index (κ3) is 5.07. The lowest BCUT2D eigenvalue weighted by Crippen LogP contribution is -2.32. The molecule has 0 saturated carbocycles. The Morgan fingerprint density at radius 3 is 2.62 bits per heavy atom. The van der Waals surface area contributed by atoms with Gasteiger partial charge >= 0.3 is 0 Å². The van der Waals surface area contributed by atoms with Gasteiger partial charge < -0.3 is 15.4 Å². The molecule has 0 unspecified atom stereocenters. The van der Waals surface area contributed by atoms with Crippen molar-refractivity contribution in [2.24, 2.45) is 0 Å². The summed E-state index contributed by atoms with van der Waals surface area (Å²) in [7, 11) is 0. The zero-order valence-electron chi connectivity index (χ0n) is 14.3. The molecular weight excluding hydrogens is 352 g/mol. The summed E-state index contributed by atoms with van der Waals surface area (Å²) in [5.74, 6) is -0.408. The highest BCUT2D eigenvalue weighted by atomic mass is 35.5. The molecule has 0 aliphatic carbocycles. The molecule has 1 fully saturated rings. The SMILES string of the molecule is O=C(Cc1ccc(Cl)cc1)Nc1ccccc1C(=O)NC[C@@H]1CCCO1. The van der Waals surface area contributed by atoms with E-state index in [0.29, 0.717) is 22.8 Å². The smallest absolute Gasteiger partial charge is 0.253 e. The van der Waals surface area contributed by atoms with Crippen molar-refractivity contribution in [2.75, 3.05) is 18.5 Å². The van der Waals surface area contributed by atoms with Crippen molar-refractivity contribution in [2.45, 2.75) is 25.4 Å². The van der Waals surface area contributed by atoms with Crippen LogP contribution in [0.15, 0.2) is 48.5 Å². The number of carbonyl (C=O) groups is 2. The van der Waals surface area contributed by atoms with Gasteiger partial charge in [0.15, 0.2) is 0 Å². The summed E-state index contributed by atoms with van der Waals surface area (Å²) in [5, 5.41) is 6.33. The van der Waals surface area contributed by atoms with Crippen molar-refractivity contribution in [1.82, 2.24) is 5.32 Å². The maximum absolute atomic E-state index is 12.5. The first-order valence-electron chi connectivity index (χ1n) is 8.65. The van der Waals surface area contributed by atoms with Crippen molar-refractivity contribution in [1.29, 1.82) is 0 Å². The van der Waals surface area contributed by atoms with Crippen molar-refractivity contribution >= 4 is 29.1 Å². The van der Waals surface area contributed by atoms with E-state index < -0.39 is 0 Å². The standard InChI is InChI=1S/C20H21ClN2O3/c21-15-9-7-14(8-10-15)12-19(24)23-18-6-2-1-5-17(18)20(25)22-13-16-4-3-11-26-16/h1-2,5-10,16H,3-4,11-13H2,(H,22,25)(H,23,24)/t16-/m0/s1. The zero-order chi connectivity index (χ0) is 18.4. The second kappa shape index (κ2) is 8.83. The highest BCUT2D eigenvalue weighted by molar-refractivity contribution is 6.30. The van der Waals surface area contributed by atoms with Crippen LogP contribution in [0, 0.1) is 0 Å². The van der Waals surface area contributed by atoms with Gasteiger partial charge in [-0.15, -0.1) is 0 Å². The number of para-hydroxylation sites is 1. The summed E-state index contributed by atoms with van der Waals surface area (Å²) < 4.78 is 5.51. The van der Waals surface area contributed by atoms with E-state index in [0.717, 1.165) is 25.0 Å². The van der Waals surface area contributed by atoms with Crippen molar-refractivity contribution in [3.63, 3.8) is 0 Å². The van der Waals surface area contributed by atoms with Crippen LogP contribution < -0.4 is 10.6 Å². The van der Waals surface area contributed by atoms with Crippen LogP contribution in [0.25, 0.3) is 0 Å². The summed E-state index contributed by atoms with van der Waals surface area (Å²) in [4.78, 5) is 24.8. The molecule has 3 rings (SSSR count). The lowest BCUT2D eigenvalue weighted by Gasteiger charge is -2.14. The Hall–Kier alpha value is -2.37. The number of anilines is 1. The van der Waals surface area contributed by atoms with Crippen LogP contribution in [-0.4, -0.2) is 31.1 Å². The Bertz CT molecular complexity index is 771. The Balaban J connectivity index is 1.61. The van der Waals surface area contributed by atoms with Crippen molar-refractivity contribution in [3.8, 4) is 0 Å². The molecular formula is C20H21ClN2O3. The second-order valence-electron chi connectivity index (χ2n) is 6.24. The Labute approximate surface area is 157 Å². The predicted molar refractivity (Wildman–Crippen MR) is 102 cm³/mol. The fraction of sp³-hybridized carbons (Fsp3) is 0.300. The number of hydrogen-bond acceptors (Lipinski definition) is 3. The lowest BCUT2D eigenvalue weighted by atomic mass is 10.1. The van der Waals surface area contributed by atoms with Crippen LogP contribution in [-0.2, 0) is 16.0 Å². The molecule has 1 heterocycles. The molecule has 136 valence electrons. The molecule has 1 saturated heterocycles. The minimum absolute atomic E-state index is 0.0746. The van der Waals surface area contributed by atoms with E-state index in [1.54, 1.807) is 36.4 Å². The first-order valence-corrected chi connectivity index (χ1v) is 9.03. The minimum atomic E-state index is -0.220. The Morgan fingerprint density at radius 1 is 1.12 bits per heavy atom. The molecule has 1 aliphatic heterocycles. The highest BCUT2D eigenvalue weighted by Crippen LogP contribution is 2.17. The Morgan fingerprint density at radius 2 is 1.88 bits per heavy atom. The van der Waals surface area contributed by atoms with Gasteiger partial charge in [-0.25, -0.2) is 0 Å². The van der Waals surface area contributed by atoms with Gasteiger partial charge in [0, 0.05) is 18.2 Å². The molecule has 1 atom stereocenters. The molecule has 2 amide bonds. The lowest BCUT2D eigenvalue weighted by molar-refractivity contribution is -0.115. The number of rotatable bonds is 6. The van der Waals surface area contributed by atoms with Crippen LogP contribution in [0.3, 0.4) is 0 Å². The van der Waals surface area contributed by atoms with Crippen LogP contribution >= 0.6 is 11.6 Å². The van der Waals surface area contributed by atoms with Crippen LogP contribution in [0.2, 0.25) is 5.02 Å². The van der Waals surface area contributed by atoms with Crippen LogP contribution in [0.1, 0.15) is 28.8 Å².